The molecule has 20 heavy (non-hydrogen) atoms. The van der Waals surface area contributed by atoms with Gasteiger partial charge in [0.25, 0.3) is 5.69 Å². The van der Waals surface area contributed by atoms with Crippen molar-refractivity contribution in [2.24, 2.45) is 0 Å². The van der Waals surface area contributed by atoms with Crippen molar-refractivity contribution < 1.29 is 37.2 Å². The second kappa shape index (κ2) is 5.11. The van der Waals surface area contributed by atoms with Crippen molar-refractivity contribution in [2.75, 3.05) is 5.32 Å². The molecule has 1 rings (SSSR count). The third kappa shape index (κ3) is 2.99. The molecule has 0 fully saturated rings. The number of alkyl halides is 3. The molecule has 2 N–H and O–H groups in total. The number of rotatable bonds is 3. The van der Waals surface area contributed by atoms with E-state index >= 15 is 0 Å². The van der Waals surface area contributed by atoms with Crippen molar-refractivity contribution >= 4 is 23.3 Å². The molecular formula is C9H4F4N2O5. The van der Waals surface area contributed by atoms with E-state index < -0.39 is 45.7 Å². The first-order chi connectivity index (χ1) is 9.05. The first kappa shape index (κ1) is 15.3. The van der Waals surface area contributed by atoms with Gasteiger partial charge in [-0.2, -0.15) is 13.2 Å². The normalized spacial score (nSPS) is 11.0. The molecule has 0 aromatic heterocycles. The molecule has 0 unspecified atom stereocenters. The lowest BCUT2D eigenvalue weighted by Crippen LogP contribution is -2.31. The van der Waals surface area contributed by atoms with E-state index in [4.69, 9.17) is 5.11 Å². The summed E-state index contributed by atoms with van der Waals surface area (Å²) in [7, 11) is 0. The van der Waals surface area contributed by atoms with E-state index in [-0.39, 0.29) is 0 Å². The fourth-order valence-corrected chi connectivity index (χ4v) is 1.24. The third-order valence-corrected chi connectivity index (χ3v) is 2.04. The molecule has 11 heteroatoms. The van der Waals surface area contributed by atoms with Crippen molar-refractivity contribution in [1.82, 2.24) is 0 Å². The van der Waals surface area contributed by atoms with Gasteiger partial charge in [0.2, 0.25) is 0 Å². The number of nitro benzene ring substituents is 1. The number of hydrogen-bond donors (Lipinski definition) is 2. The second-order valence-corrected chi connectivity index (χ2v) is 3.33. The van der Waals surface area contributed by atoms with Crippen LogP contribution in [0, 0.1) is 15.9 Å². The van der Waals surface area contributed by atoms with Crippen molar-refractivity contribution in [3.05, 3.63) is 33.6 Å². The number of nitro groups is 1. The first-order valence-electron chi connectivity index (χ1n) is 4.64. The molecule has 1 aromatic rings. The number of hydrogen-bond acceptors (Lipinski definition) is 4. The Morgan fingerprint density at radius 1 is 1.30 bits per heavy atom. The minimum absolute atomic E-state index is 0.394. The average molecular weight is 296 g/mol. The van der Waals surface area contributed by atoms with E-state index in [1.54, 1.807) is 0 Å². The zero-order valence-corrected chi connectivity index (χ0v) is 9.19. The summed E-state index contributed by atoms with van der Waals surface area (Å²) in [4.78, 5) is 30.8. The number of carboxylic acids is 1. The molecule has 0 aliphatic carbocycles. The van der Waals surface area contributed by atoms with Crippen LogP contribution in [0.5, 0.6) is 0 Å². The van der Waals surface area contributed by atoms with Crippen LogP contribution in [0.4, 0.5) is 28.9 Å². The molecule has 108 valence electrons. The van der Waals surface area contributed by atoms with Gasteiger partial charge in [-0.3, -0.25) is 14.9 Å². The van der Waals surface area contributed by atoms with Crippen LogP contribution in [0.3, 0.4) is 0 Å². The molecule has 0 saturated heterocycles. The van der Waals surface area contributed by atoms with Crippen LogP contribution in [0.2, 0.25) is 0 Å². The molecule has 7 nitrogen and oxygen atoms in total. The number of carbonyl (C=O) groups is 2. The quantitative estimate of drug-likeness (QED) is 0.503. The summed E-state index contributed by atoms with van der Waals surface area (Å²) in [5.74, 6) is -6.25. The van der Waals surface area contributed by atoms with Crippen LogP contribution in [-0.4, -0.2) is 28.1 Å². The molecule has 0 atom stereocenters. The van der Waals surface area contributed by atoms with Crippen LogP contribution in [0.1, 0.15) is 10.4 Å². The summed E-state index contributed by atoms with van der Waals surface area (Å²) in [6.07, 6.45) is -5.42. The minimum Gasteiger partial charge on any atom is -0.478 e. The monoisotopic (exact) mass is 296 g/mol. The highest BCUT2D eigenvalue weighted by Crippen LogP contribution is 2.32. The van der Waals surface area contributed by atoms with E-state index in [0.717, 1.165) is 5.32 Å². The molecule has 0 aliphatic rings. The Bertz CT molecular complexity index is 599. The Morgan fingerprint density at radius 3 is 2.25 bits per heavy atom. The van der Waals surface area contributed by atoms with Crippen molar-refractivity contribution in [1.29, 1.82) is 0 Å². The number of benzene rings is 1. The van der Waals surface area contributed by atoms with Crippen molar-refractivity contribution in [3.63, 3.8) is 0 Å². The summed E-state index contributed by atoms with van der Waals surface area (Å²) in [5.41, 5.74) is -3.98. The lowest BCUT2D eigenvalue weighted by atomic mass is 10.1. The Balaban J connectivity index is 3.48. The minimum atomic E-state index is -5.42. The highest BCUT2D eigenvalue weighted by molar-refractivity contribution is 6.04. The number of carboxylic acid groups (broad SMARTS) is 1. The lowest BCUT2D eigenvalue weighted by molar-refractivity contribution is -0.384. The number of halogens is 4. The molecular weight excluding hydrogens is 292 g/mol. The van der Waals surface area contributed by atoms with Gasteiger partial charge in [-0.15, -0.1) is 0 Å². The molecule has 1 aromatic carbocycles. The fourth-order valence-electron chi connectivity index (χ4n) is 1.24. The van der Waals surface area contributed by atoms with E-state index in [0.29, 0.717) is 12.1 Å². The van der Waals surface area contributed by atoms with Crippen molar-refractivity contribution in [3.8, 4) is 0 Å². The predicted molar refractivity (Wildman–Crippen MR) is 54.7 cm³/mol. The largest absolute Gasteiger partial charge is 0.478 e. The van der Waals surface area contributed by atoms with Gasteiger partial charge in [-0.25, -0.2) is 9.18 Å². The smallest absolute Gasteiger partial charge is 0.471 e. The molecule has 0 heterocycles. The zero-order valence-electron chi connectivity index (χ0n) is 9.19. The summed E-state index contributed by atoms with van der Waals surface area (Å²) in [6, 6.07) is 0.832. The lowest BCUT2D eigenvalue weighted by Gasteiger charge is -2.11. The summed E-state index contributed by atoms with van der Waals surface area (Å²) < 4.78 is 49.5. The molecule has 1 amide bonds. The Labute approximate surface area is 107 Å². The topological polar surface area (TPSA) is 110 Å². The maximum absolute atomic E-state index is 13.3. The van der Waals surface area contributed by atoms with Gasteiger partial charge in [0, 0.05) is 6.07 Å². The Morgan fingerprint density at radius 2 is 1.85 bits per heavy atom. The number of aromatic carboxylic acids is 1. The Hall–Kier alpha value is -2.72. The summed E-state index contributed by atoms with van der Waals surface area (Å²) in [5, 5.41) is 20.3. The zero-order chi connectivity index (χ0) is 15.7. The number of nitrogens with zero attached hydrogens (tertiary/aromatic N) is 1. The molecule has 0 saturated carbocycles. The fraction of sp³-hybridized carbons (Fsp3) is 0.111. The highest BCUT2D eigenvalue weighted by atomic mass is 19.4. The van der Waals surface area contributed by atoms with Gasteiger partial charge < -0.3 is 10.4 Å². The van der Waals surface area contributed by atoms with E-state index in [1.165, 1.54) is 0 Å². The SMILES string of the molecule is O=C(O)c1c(F)ccc([N+](=O)[O-])c1NC(=O)C(F)(F)F. The Kier molecular flexibility index (Phi) is 3.92. The molecule has 0 radical (unpaired) electrons. The number of carbonyl (C=O) groups excluding carboxylic acids is 1. The van der Waals surface area contributed by atoms with Crippen LogP contribution < -0.4 is 5.32 Å². The summed E-state index contributed by atoms with van der Waals surface area (Å²) >= 11 is 0. The standard InChI is InChI=1S/C9H4F4N2O5/c10-3-1-2-4(15(19)20)6(5(3)7(16)17)14-8(18)9(11,12)13/h1-2H,(H,14,18)(H,16,17). The van der Waals surface area contributed by atoms with Gasteiger partial charge in [-0.1, -0.05) is 0 Å². The third-order valence-electron chi connectivity index (χ3n) is 2.04. The molecule has 0 aliphatic heterocycles. The molecule has 0 bridgehead atoms. The van der Waals surface area contributed by atoms with Crippen LogP contribution >= 0.6 is 0 Å². The van der Waals surface area contributed by atoms with E-state index in [9.17, 15) is 37.3 Å². The van der Waals surface area contributed by atoms with Crippen LogP contribution in [0.15, 0.2) is 12.1 Å². The number of anilines is 1. The van der Waals surface area contributed by atoms with Gasteiger partial charge in [-0.05, 0) is 6.07 Å². The van der Waals surface area contributed by atoms with Crippen LogP contribution in [-0.2, 0) is 4.79 Å². The number of amides is 1. The van der Waals surface area contributed by atoms with Crippen LogP contribution in [0.25, 0.3) is 0 Å². The predicted octanol–water partition coefficient (Wildman–Crippen LogP) is 1.93. The number of nitrogens with one attached hydrogen (secondary N) is 1. The average Bonchev–Trinajstić information content (AvgIpc) is 2.26. The summed E-state index contributed by atoms with van der Waals surface area (Å²) in [6.45, 7) is 0. The van der Waals surface area contributed by atoms with E-state index in [2.05, 4.69) is 0 Å². The maximum atomic E-state index is 13.3. The van der Waals surface area contributed by atoms with E-state index in [1.807, 2.05) is 0 Å². The van der Waals surface area contributed by atoms with Gasteiger partial charge >= 0.3 is 18.1 Å². The van der Waals surface area contributed by atoms with Gasteiger partial charge in [0.15, 0.2) is 0 Å². The van der Waals surface area contributed by atoms with Crippen molar-refractivity contribution in [2.45, 2.75) is 6.18 Å². The maximum Gasteiger partial charge on any atom is 0.471 e. The van der Waals surface area contributed by atoms with Gasteiger partial charge in [0.1, 0.15) is 17.1 Å². The highest BCUT2D eigenvalue weighted by Gasteiger charge is 2.41. The molecule has 0 spiro atoms. The first-order valence-corrected chi connectivity index (χ1v) is 4.64. The second-order valence-electron chi connectivity index (χ2n) is 3.33. The van der Waals surface area contributed by atoms with Gasteiger partial charge in [0.05, 0.1) is 4.92 Å².